The van der Waals surface area contributed by atoms with Gasteiger partial charge in [0.1, 0.15) is 5.75 Å². The summed E-state index contributed by atoms with van der Waals surface area (Å²) in [6.07, 6.45) is 0.824. The molecule has 1 heterocycles. The highest BCUT2D eigenvalue weighted by molar-refractivity contribution is 5.57. The van der Waals surface area contributed by atoms with Gasteiger partial charge in [-0.15, -0.1) is 10.2 Å². The molecule has 112 valence electrons. The standard InChI is InChI=1S/C12H16N6O3/c1-3-4-21-11-6-9(5-10(7-11)18(19)20)13-8(2)12-14-16-17-15-12/h5-8,13H,3-4H2,1-2H3,(H,14,15,16,17). The summed E-state index contributed by atoms with van der Waals surface area (Å²) in [4.78, 5) is 10.5. The molecule has 0 aliphatic carbocycles. The molecule has 2 aromatic rings. The molecule has 0 amide bonds. The predicted molar refractivity (Wildman–Crippen MR) is 75.1 cm³/mol. The fourth-order valence-corrected chi connectivity index (χ4v) is 1.74. The van der Waals surface area contributed by atoms with Crippen LogP contribution in [0.1, 0.15) is 32.1 Å². The molecule has 0 spiro atoms. The van der Waals surface area contributed by atoms with Gasteiger partial charge in [-0.2, -0.15) is 5.21 Å². The Morgan fingerprint density at radius 1 is 1.48 bits per heavy atom. The Bertz CT molecular complexity index is 601. The molecule has 0 aliphatic rings. The molecule has 0 bridgehead atoms. The van der Waals surface area contributed by atoms with E-state index in [4.69, 9.17) is 4.74 Å². The van der Waals surface area contributed by atoms with Gasteiger partial charge in [-0.25, -0.2) is 0 Å². The van der Waals surface area contributed by atoms with Crippen LogP contribution in [0.3, 0.4) is 0 Å². The zero-order valence-corrected chi connectivity index (χ0v) is 11.7. The number of rotatable bonds is 7. The predicted octanol–water partition coefficient (Wildman–Crippen LogP) is 2.07. The lowest BCUT2D eigenvalue weighted by Gasteiger charge is -2.13. The number of aromatic amines is 1. The number of nitrogens with zero attached hydrogens (tertiary/aromatic N) is 4. The summed E-state index contributed by atoms with van der Waals surface area (Å²) in [7, 11) is 0. The first kappa shape index (κ1) is 14.7. The van der Waals surface area contributed by atoms with Crippen molar-refractivity contribution in [2.75, 3.05) is 11.9 Å². The van der Waals surface area contributed by atoms with E-state index < -0.39 is 4.92 Å². The van der Waals surface area contributed by atoms with Crippen molar-refractivity contribution in [2.45, 2.75) is 26.3 Å². The van der Waals surface area contributed by atoms with E-state index >= 15 is 0 Å². The molecule has 2 rings (SSSR count). The Labute approximate surface area is 120 Å². The van der Waals surface area contributed by atoms with Crippen LogP contribution < -0.4 is 10.1 Å². The molecule has 1 atom stereocenters. The second-order valence-corrected chi connectivity index (χ2v) is 4.46. The van der Waals surface area contributed by atoms with Crippen LogP contribution in [0, 0.1) is 10.1 Å². The van der Waals surface area contributed by atoms with E-state index in [1.807, 2.05) is 13.8 Å². The van der Waals surface area contributed by atoms with Gasteiger partial charge >= 0.3 is 0 Å². The average Bonchev–Trinajstić information content (AvgIpc) is 2.99. The fourth-order valence-electron chi connectivity index (χ4n) is 1.74. The highest BCUT2D eigenvalue weighted by atomic mass is 16.6. The Kier molecular flexibility index (Phi) is 4.64. The van der Waals surface area contributed by atoms with Gasteiger partial charge < -0.3 is 10.1 Å². The molecule has 1 unspecified atom stereocenters. The Balaban J connectivity index is 2.20. The van der Waals surface area contributed by atoms with Gasteiger partial charge in [0, 0.05) is 17.8 Å². The number of benzene rings is 1. The number of H-pyrrole nitrogens is 1. The molecule has 1 aromatic heterocycles. The molecule has 2 N–H and O–H groups in total. The number of nitrogens with one attached hydrogen (secondary N) is 2. The van der Waals surface area contributed by atoms with Crippen molar-refractivity contribution >= 4 is 11.4 Å². The third kappa shape index (κ3) is 3.88. The fraction of sp³-hybridized carbons (Fsp3) is 0.417. The van der Waals surface area contributed by atoms with Crippen LogP contribution in [0.5, 0.6) is 5.75 Å². The summed E-state index contributed by atoms with van der Waals surface area (Å²) >= 11 is 0. The topological polar surface area (TPSA) is 119 Å². The maximum absolute atomic E-state index is 11.0. The van der Waals surface area contributed by atoms with Crippen molar-refractivity contribution in [2.24, 2.45) is 0 Å². The van der Waals surface area contributed by atoms with Crippen molar-refractivity contribution in [3.8, 4) is 5.75 Å². The number of nitro benzene ring substituents is 1. The van der Waals surface area contributed by atoms with E-state index in [0.717, 1.165) is 6.42 Å². The maximum Gasteiger partial charge on any atom is 0.275 e. The Morgan fingerprint density at radius 3 is 2.90 bits per heavy atom. The molecular formula is C12H16N6O3. The van der Waals surface area contributed by atoms with Gasteiger partial charge in [-0.1, -0.05) is 12.1 Å². The minimum atomic E-state index is -0.455. The third-order valence-electron chi connectivity index (χ3n) is 2.71. The van der Waals surface area contributed by atoms with Crippen LogP contribution in [-0.4, -0.2) is 32.2 Å². The summed E-state index contributed by atoms with van der Waals surface area (Å²) in [5, 5.41) is 27.6. The van der Waals surface area contributed by atoms with Crippen molar-refractivity contribution in [1.29, 1.82) is 0 Å². The summed E-state index contributed by atoms with van der Waals surface area (Å²) < 4.78 is 5.46. The van der Waals surface area contributed by atoms with E-state index in [1.165, 1.54) is 12.1 Å². The second-order valence-electron chi connectivity index (χ2n) is 4.46. The van der Waals surface area contributed by atoms with Crippen LogP contribution >= 0.6 is 0 Å². The quantitative estimate of drug-likeness (QED) is 0.592. The molecule has 21 heavy (non-hydrogen) atoms. The number of aromatic nitrogens is 4. The van der Waals surface area contributed by atoms with E-state index in [0.29, 0.717) is 23.9 Å². The van der Waals surface area contributed by atoms with Crippen molar-refractivity contribution in [1.82, 2.24) is 20.6 Å². The molecule has 0 fully saturated rings. The van der Waals surface area contributed by atoms with Crippen molar-refractivity contribution < 1.29 is 9.66 Å². The zero-order chi connectivity index (χ0) is 15.2. The minimum absolute atomic E-state index is 0.0357. The third-order valence-corrected chi connectivity index (χ3v) is 2.71. The molecule has 0 saturated heterocycles. The van der Waals surface area contributed by atoms with Gasteiger partial charge in [0.2, 0.25) is 0 Å². The number of anilines is 1. The number of nitro groups is 1. The Hall–Kier alpha value is -2.71. The highest BCUT2D eigenvalue weighted by Gasteiger charge is 2.14. The SMILES string of the molecule is CCCOc1cc(NC(C)c2nn[nH]n2)cc([N+](=O)[O-])c1. The van der Waals surface area contributed by atoms with Crippen LogP contribution in [-0.2, 0) is 0 Å². The molecule has 1 aromatic carbocycles. The van der Waals surface area contributed by atoms with E-state index in [-0.39, 0.29) is 11.7 Å². The lowest BCUT2D eigenvalue weighted by molar-refractivity contribution is -0.384. The number of ether oxygens (including phenoxy) is 1. The van der Waals surface area contributed by atoms with Crippen LogP contribution in [0.2, 0.25) is 0 Å². The second kappa shape index (κ2) is 6.64. The first-order chi connectivity index (χ1) is 10.1. The van der Waals surface area contributed by atoms with Crippen LogP contribution in [0.15, 0.2) is 18.2 Å². The van der Waals surface area contributed by atoms with Gasteiger partial charge in [0.05, 0.1) is 23.6 Å². The van der Waals surface area contributed by atoms with E-state index in [1.54, 1.807) is 6.07 Å². The summed E-state index contributed by atoms with van der Waals surface area (Å²) in [6.45, 7) is 4.30. The van der Waals surface area contributed by atoms with Crippen LogP contribution in [0.25, 0.3) is 0 Å². The first-order valence-electron chi connectivity index (χ1n) is 6.52. The van der Waals surface area contributed by atoms with Gasteiger partial charge in [-0.05, 0) is 13.3 Å². The lowest BCUT2D eigenvalue weighted by Crippen LogP contribution is -2.09. The zero-order valence-electron chi connectivity index (χ0n) is 11.7. The highest BCUT2D eigenvalue weighted by Crippen LogP contribution is 2.28. The monoisotopic (exact) mass is 292 g/mol. The van der Waals surface area contributed by atoms with Crippen LogP contribution in [0.4, 0.5) is 11.4 Å². The maximum atomic E-state index is 11.0. The Morgan fingerprint density at radius 2 is 2.29 bits per heavy atom. The molecule has 0 radical (unpaired) electrons. The van der Waals surface area contributed by atoms with Gasteiger partial charge in [0.15, 0.2) is 5.82 Å². The minimum Gasteiger partial charge on any atom is -0.493 e. The number of hydrogen-bond donors (Lipinski definition) is 2. The normalized spacial score (nSPS) is 11.9. The molecule has 0 saturated carbocycles. The summed E-state index contributed by atoms with van der Waals surface area (Å²) in [5.41, 5.74) is 0.527. The molecule has 9 heteroatoms. The molecule has 9 nitrogen and oxygen atoms in total. The number of non-ortho nitro benzene ring substituents is 1. The van der Waals surface area contributed by atoms with Gasteiger partial charge in [0.25, 0.3) is 5.69 Å². The van der Waals surface area contributed by atoms with Gasteiger partial charge in [-0.3, -0.25) is 10.1 Å². The smallest absolute Gasteiger partial charge is 0.275 e. The average molecular weight is 292 g/mol. The number of tetrazole rings is 1. The van der Waals surface area contributed by atoms with E-state index in [9.17, 15) is 10.1 Å². The van der Waals surface area contributed by atoms with E-state index in [2.05, 4.69) is 25.9 Å². The summed E-state index contributed by atoms with van der Waals surface area (Å²) in [6, 6.07) is 4.30. The molecular weight excluding hydrogens is 276 g/mol. The van der Waals surface area contributed by atoms with Crippen molar-refractivity contribution in [3.63, 3.8) is 0 Å². The van der Waals surface area contributed by atoms with Crippen molar-refractivity contribution in [3.05, 3.63) is 34.1 Å². The summed E-state index contributed by atoms with van der Waals surface area (Å²) in [5.74, 6) is 0.923. The first-order valence-corrected chi connectivity index (χ1v) is 6.52. The number of hydrogen-bond acceptors (Lipinski definition) is 7. The lowest BCUT2D eigenvalue weighted by atomic mass is 10.2. The molecule has 0 aliphatic heterocycles. The largest absolute Gasteiger partial charge is 0.493 e.